The Morgan fingerprint density at radius 2 is 1.67 bits per heavy atom. The maximum absolute atomic E-state index is 13.2. The Bertz CT molecular complexity index is 635. The standard InChI is InChI=1S/C21H30FN3O2/c22-18-8-6-16(7-9-18)14-25(19-4-2-1-3-5-19)20(26)15-24-12-10-17(11-13-24)21(23)27/h6-9,17,19H,1-5,10-15H2,(H2,23,27). The van der Waals surface area contributed by atoms with Crippen LogP contribution in [0.25, 0.3) is 0 Å². The molecule has 2 fully saturated rings. The van der Waals surface area contributed by atoms with Crippen molar-refractivity contribution in [3.05, 3.63) is 35.6 Å². The molecule has 0 bridgehead atoms. The van der Waals surface area contributed by atoms with E-state index in [1.807, 2.05) is 4.90 Å². The van der Waals surface area contributed by atoms with Gasteiger partial charge < -0.3 is 10.6 Å². The molecule has 2 amide bonds. The van der Waals surface area contributed by atoms with Crippen LogP contribution in [0.4, 0.5) is 4.39 Å². The lowest BCUT2D eigenvalue weighted by Crippen LogP contribution is -2.48. The second-order valence-corrected chi connectivity index (χ2v) is 7.89. The first kappa shape index (κ1) is 19.8. The van der Waals surface area contributed by atoms with E-state index in [9.17, 15) is 14.0 Å². The number of piperidine rings is 1. The summed E-state index contributed by atoms with van der Waals surface area (Å²) in [7, 11) is 0. The zero-order valence-electron chi connectivity index (χ0n) is 15.9. The predicted molar refractivity (Wildman–Crippen MR) is 102 cm³/mol. The lowest BCUT2D eigenvalue weighted by molar-refractivity contribution is -0.136. The van der Waals surface area contributed by atoms with Crippen LogP contribution in [-0.4, -0.2) is 47.3 Å². The second kappa shape index (κ2) is 9.31. The number of hydrogen-bond acceptors (Lipinski definition) is 3. The lowest BCUT2D eigenvalue weighted by atomic mass is 9.93. The summed E-state index contributed by atoms with van der Waals surface area (Å²) in [5, 5.41) is 0. The summed E-state index contributed by atoms with van der Waals surface area (Å²) in [5.74, 6) is -0.429. The first-order valence-corrected chi connectivity index (χ1v) is 10.1. The van der Waals surface area contributed by atoms with Gasteiger partial charge in [-0.2, -0.15) is 0 Å². The van der Waals surface area contributed by atoms with Crippen molar-refractivity contribution in [2.45, 2.75) is 57.5 Å². The van der Waals surface area contributed by atoms with Gasteiger partial charge in [-0.15, -0.1) is 0 Å². The number of benzene rings is 1. The third-order valence-electron chi connectivity index (χ3n) is 5.95. The first-order chi connectivity index (χ1) is 13.0. The van der Waals surface area contributed by atoms with Crippen molar-refractivity contribution in [3.63, 3.8) is 0 Å². The number of nitrogens with zero attached hydrogens (tertiary/aromatic N) is 2. The molecule has 1 aliphatic carbocycles. The number of likely N-dealkylation sites (tertiary alicyclic amines) is 1. The molecule has 5 nitrogen and oxygen atoms in total. The SMILES string of the molecule is NC(=O)C1CCN(CC(=O)N(Cc2ccc(F)cc2)C2CCCCC2)CC1. The summed E-state index contributed by atoms with van der Waals surface area (Å²) in [5.41, 5.74) is 6.36. The molecule has 148 valence electrons. The summed E-state index contributed by atoms with van der Waals surface area (Å²) in [6.45, 7) is 2.37. The number of nitrogens with two attached hydrogens (primary N) is 1. The first-order valence-electron chi connectivity index (χ1n) is 10.1. The number of primary amides is 1. The van der Waals surface area contributed by atoms with Gasteiger partial charge in [0, 0.05) is 18.5 Å². The Labute approximate surface area is 160 Å². The monoisotopic (exact) mass is 375 g/mol. The Morgan fingerprint density at radius 1 is 1.04 bits per heavy atom. The summed E-state index contributed by atoms with van der Waals surface area (Å²) in [6.07, 6.45) is 7.07. The van der Waals surface area contributed by atoms with Crippen LogP contribution in [0.2, 0.25) is 0 Å². The molecule has 1 heterocycles. The van der Waals surface area contributed by atoms with E-state index in [-0.39, 0.29) is 29.6 Å². The van der Waals surface area contributed by atoms with Gasteiger partial charge in [0.2, 0.25) is 11.8 Å². The van der Waals surface area contributed by atoms with Crippen molar-refractivity contribution in [2.24, 2.45) is 11.7 Å². The fourth-order valence-corrected chi connectivity index (χ4v) is 4.26. The van der Waals surface area contributed by atoms with Gasteiger partial charge in [-0.05, 0) is 56.5 Å². The van der Waals surface area contributed by atoms with Gasteiger partial charge in [0.05, 0.1) is 6.54 Å². The molecule has 1 aromatic carbocycles. The van der Waals surface area contributed by atoms with Crippen LogP contribution in [0.1, 0.15) is 50.5 Å². The van der Waals surface area contributed by atoms with Gasteiger partial charge in [0.25, 0.3) is 0 Å². The van der Waals surface area contributed by atoms with E-state index in [1.165, 1.54) is 18.6 Å². The van der Waals surface area contributed by atoms with E-state index in [0.717, 1.165) is 57.2 Å². The van der Waals surface area contributed by atoms with Crippen LogP contribution in [-0.2, 0) is 16.1 Å². The molecule has 1 aliphatic heterocycles. The molecule has 1 aromatic rings. The van der Waals surface area contributed by atoms with Crippen LogP contribution >= 0.6 is 0 Å². The van der Waals surface area contributed by atoms with E-state index < -0.39 is 0 Å². The molecule has 0 atom stereocenters. The molecule has 0 spiro atoms. The van der Waals surface area contributed by atoms with Crippen LogP contribution in [0.5, 0.6) is 0 Å². The second-order valence-electron chi connectivity index (χ2n) is 7.89. The number of rotatable bonds is 6. The van der Waals surface area contributed by atoms with E-state index in [1.54, 1.807) is 12.1 Å². The molecule has 0 radical (unpaired) electrons. The maximum Gasteiger partial charge on any atom is 0.237 e. The van der Waals surface area contributed by atoms with Crippen molar-refractivity contribution in [3.8, 4) is 0 Å². The van der Waals surface area contributed by atoms with Crippen LogP contribution in [0.3, 0.4) is 0 Å². The summed E-state index contributed by atoms with van der Waals surface area (Å²) in [4.78, 5) is 28.6. The Hall–Kier alpha value is -1.95. The van der Waals surface area contributed by atoms with Crippen molar-refractivity contribution in [2.75, 3.05) is 19.6 Å². The number of hydrogen-bond donors (Lipinski definition) is 1. The zero-order chi connectivity index (χ0) is 19.2. The average molecular weight is 375 g/mol. The molecule has 3 rings (SSSR count). The van der Waals surface area contributed by atoms with Gasteiger partial charge in [-0.25, -0.2) is 4.39 Å². The molecule has 1 saturated carbocycles. The van der Waals surface area contributed by atoms with E-state index >= 15 is 0 Å². The summed E-state index contributed by atoms with van der Waals surface area (Å²) < 4.78 is 13.2. The molecule has 0 unspecified atom stereocenters. The van der Waals surface area contributed by atoms with Crippen LogP contribution < -0.4 is 5.73 Å². The minimum atomic E-state index is -0.258. The molecule has 0 aromatic heterocycles. The van der Waals surface area contributed by atoms with Crippen LogP contribution in [0.15, 0.2) is 24.3 Å². The number of carbonyl (C=O) groups is 2. The average Bonchev–Trinajstić information content (AvgIpc) is 2.68. The molecule has 6 heteroatoms. The largest absolute Gasteiger partial charge is 0.369 e. The number of carbonyl (C=O) groups excluding carboxylic acids is 2. The summed E-state index contributed by atoms with van der Waals surface area (Å²) >= 11 is 0. The Kier molecular flexibility index (Phi) is 6.83. The Morgan fingerprint density at radius 3 is 2.26 bits per heavy atom. The molecule has 2 aliphatic rings. The van der Waals surface area contributed by atoms with Gasteiger partial charge in [0.15, 0.2) is 0 Å². The van der Waals surface area contributed by atoms with E-state index in [0.29, 0.717) is 13.1 Å². The molecular weight excluding hydrogens is 345 g/mol. The molecule has 2 N–H and O–H groups in total. The third-order valence-corrected chi connectivity index (χ3v) is 5.95. The van der Waals surface area contributed by atoms with Crippen molar-refractivity contribution >= 4 is 11.8 Å². The minimum Gasteiger partial charge on any atom is -0.369 e. The number of amides is 2. The number of halogens is 1. The predicted octanol–water partition coefficient (Wildman–Crippen LogP) is 2.68. The van der Waals surface area contributed by atoms with Crippen LogP contribution in [0, 0.1) is 11.7 Å². The highest BCUT2D eigenvalue weighted by atomic mass is 19.1. The van der Waals surface area contributed by atoms with Gasteiger partial charge in [-0.3, -0.25) is 14.5 Å². The maximum atomic E-state index is 13.2. The smallest absolute Gasteiger partial charge is 0.237 e. The summed E-state index contributed by atoms with van der Waals surface area (Å²) in [6, 6.07) is 6.69. The highest BCUT2D eigenvalue weighted by molar-refractivity contribution is 5.79. The van der Waals surface area contributed by atoms with Crippen molar-refractivity contribution < 1.29 is 14.0 Å². The topological polar surface area (TPSA) is 66.6 Å². The van der Waals surface area contributed by atoms with Gasteiger partial charge in [-0.1, -0.05) is 31.4 Å². The van der Waals surface area contributed by atoms with Crippen molar-refractivity contribution in [1.29, 1.82) is 0 Å². The fraction of sp³-hybridized carbons (Fsp3) is 0.619. The molecule has 1 saturated heterocycles. The van der Waals surface area contributed by atoms with Gasteiger partial charge in [0.1, 0.15) is 5.82 Å². The third kappa shape index (κ3) is 5.51. The minimum absolute atomic E-state index is 0.0648. The van der Waals surface area contributed by atoms with E-state index in [4.69, 9.17) is 5.73 Å². The molecular formula is C21H30FN3O2. The quantitative estimate of drug-likeness (QED) is 0.831. The zero-order valence-corrected chi connectivity index (χ0v) is 15.9. The lowest BCUT2D eigenvalue weighted by Gasteiger charge is -2.37. The molecule has 27 heavy (non-hydrogen) atoms. The van der Waals surface area contributed by atoms with E-state index in [2.05, 4.69) is 4.90 Å². The fourth-order valence-electron chi connectivity index (χ4n) is 4.26. The Balaban J connectivity index is 1.63. The van der Waals surface area contributed by atoms with Gasteiger partial charge >= 0.3 is 0 Å². The van der Waals surface area contributed by atoms with Crippen molar-refractivity contribution in [1.82, 2.24) is 9.80 Å². The highest BCUT2D eigenvalue weighted by Crippen LogP contribution is 2.25. The normalized spacial score (nSPS) is 19.7. The highest BCUT2D eigenvalue weighted by Gasteiger charge is 2.29.